The summed E-state index contributed by atoms with van der Waals surface area (Å²) >= 11 is 0. The smallest absolute Gasteiger partial charge is 0.329 e. The molecule has 1 amide bonds. The first kappa shape index (κ1) is 55.7. The molecule has 0 aromatic carbocycles. The van der Waals surface area contributed by atoms with E-state index < -0.39 is 83.9 Å². The molecule has 3 aliphatic heterocycles. The number of allylic oxidation sites excluding steroid dienone is 6. The third-order valence-corrected chi connectivity index (χ3v) is 14.7. The number of rotatable bonds is 8. The zero-order valence-corrected chi connectivity index (χ0v) is 41.6. The molecule has 1 unspecified atom stereocenters. The quantitative estimate of drug-likeness (QED) is 0.118. The normalized spacial score (nSPS) is 39.4. The number of aliphatic hydroxyl groups is 2. The molecule has 0 aromatic heterocycles. The van der Waals surface area contributed by atoms with Crippen molar-refractivity contribution in [1.82, 2.24) is 4.90 Å². The van der Waals surface area contributed by atoms with Gasteiger partial charge in [0, 0.05) is 58.5 Å². The minimum Gasteiger partial charge on any atom is -0.460 e. The van der Waals surface area contributed by atoms with E-state index in [2.05, 4.69) is 0 Å². The van der Waals surface area contributed by atoms with Crippen LogP contribution in [0.25, 0.3) is 0 Å². The lowest BCUT2D eigenvalue weighted by Gasteiger charge is -2.42. The van der Waals surface area contributed by atoms with Crippen LogP contribution in [-0.4, -0.2) is 133 Å². The van der Waals surface area contributed by atoms with Crippen LogP contribution in [0, 0.1) is 35.5 Å². The highest BCUT2D eigenvalue weighted by Gasteiger charge is 2.53. The molecule has 2 N–H and O–H groups in total. The standard InChI is InChI=1S/C52H79NO14/c1-31-16-12-11-13-17-32(2)43(62-8)28-39-21-19-37(7)52(61,67-39)49(58)50(59)53-23-15-14-18-40(53)51(60)66-44(34(4)26-38-20-22-41(55)45(27-38)63-9)29-42(56)33(3)25-36(6)47(65-30-54)48(64-10)46(57)35(5)24-31/h11-13,16-17,25,30-31,33-35,37-41,43-45,47-48,55,61H,14-15,18-24,26-29H2,1-10H3/b13-11+,16-12+,32-17+,36-25+/t31-,33-,34-,35-,37-,38?,39+,40+,41-,43+,44+,45-,47-,48+,52-/m0/s1. The summed E-state index contributed by atoms with van der Waals surface area (Å²) in [6.07, 6.45) is 11.1. The van der Waals surface area contributed by atoms with Gasteiger partial charge in [-0.15, -0.1) is 0 Å². The summed E-state index contributed by atoms with van der Waals surface area (Å²) in [7, 11) is 4.51. The van der Waals surface area contributed by atoms with E-state index in [1.165, 1.54) is 12.0 Å². The first-order chi connectivity index (χ1) is 31.8. The molecule has 4 aliphatic rings. The van der Waals surface area contributed by atoms with E-state index in [0.717, 1.165) is 5.57 Å². The minimum absolute atomic E-state index is 0.0100. The molecule has 0 aromatic rings. The topological polar surface area (TPSA) is 202 Å². The van der Waals surface area contributed by atoms with E-state index >= 15 is 0 Å². The van der Waals surface area contributed by atoms with Gasteiger partial charge >= 0.3 is 5.97 Å². The molecule has 1 aliphatic carbocycles. The molecule has 0 radical (unpaired) electrons. The number of Topliss-reactive ketones (excluding diaryl/α,β-unsaturated/α-hetero) is 3. The molecule has 3 heterocycles. The van der Waals surface area contributed by atoms with Gasteiger partial charge in [0.2, 0.25) is 5.79 Å². The van der Waals surface area contributed by atoms with Crippen LogP contribution < -0.4 is 0 Å². The summed E-state index contributed by atoms with van der Waals surface area (Å²) in [5.41, 5.74) is 1.30. The van der Waals surface area contributed by atoms with Crippen molar-refractivity contribution >= 4 is 35.7 Å². The molecular formula is C52H79NO14. The number of amides is 1. The number of aliphatic hydroxyl groups excluding tert-OH is 1. The van der Waals surface area contributed by atoms with Gasteiger partial charge in [-0.05, 0) is 107 Å². The van der Waals surface area contributed by atoms with E-state index in [-0.39, 0.29) is 61.3 Å². The summed E-state index contributed by atoms with van der Waals surface area (Å²) in [6, 6.07) is -1.16. The number of carbonyl (C=O) groups is 6. The van der Waals surface area contributed by atoms with Crippen LogP contribution in [0.3, 0.4) is 0 Å². The zero-order valence-electron chi connectivity index (χ0n) is 41.6. The Labute approximate surface area is 398 Å². The number of carbonyl (C=O) groups excluding carboxylic acids is 6. The van der Waals surface area contributed by atoms with E-state index in [1.807, 2.05) is 51.2 Å². The maximum absolute atomic E-state index is 14.4. The number of piperidine rings is 1. The number of cyclic esters (lactones) is 1. The molecule has 67 heavy (non-hydrogen) atoms. The van der Waals surface area contributed by atoms with Gasteiger partial charge in [-0.3, -0.25) is 24.0 Å². The lowest BCUT2D eigenvalue weighted by Crippen LogP contribution is -2.61. The van der Waals surface area contributed by atoms with Crippen LogP contribution in [0.1, 0.15) is 126 Å². The van der Waals surface area contributed by atoms with Crippen molar-refractivity contribution in [2.45, 2.75) is 180 Å². The molecule has 2 bridgehead atoms. The maximum Gasteiger partial charge on any atom is 0.329 e. The van der Waals surface area contributed by atoms with Gasteiger partial charge in [-0.1, -0.05) is 71.1 Å². The highest BCUT2D eigenvalue weighted by Crippen LogP contribution is 2.38. The van der Waals surface area contributed by atoms with Crippen molar-refractivity contribution < 1.29 is 67.4 Å². The molecule has 0 spiro atoms. The lowest BCUT2D eigenvalue weighted by molar-refractivity contribution is -0.265. The summed E-state index contributed by atoms with van der Waals surface area (Å²) in [5.74, 6) is -8.18. The number of esters is 1. The van der Waals surface area contributed by atoms with Crippen molar-refractivity contribution in [3.63, 3.8) is 0 Å². The first-order valence-electron chi connectivity index (χ1n) is 24.4. The van der Waals surface area contributed by atoms with Crippen LogP contribution in [0.2, 0.25) is 0 Å². The second kappa shape index (κ2) is 26.2. The molecular weight excluding hydrogens is 863 g/mol. The maximum atomic E-state index is 14.4. The van der Waals surface area contributed by atoms with Gasteiger partial charge in [-0.2, -0.15) is 0 Å². The molecule has 2 saturated heterocycles. The third kappa shape index (κ3) is 14.8. The Kier molecular flexibility index (Phi) is 21.8. The Balaban J connectivity index is 1.73. The first-order valence-corrected chi connectivity index (χ1v) is 24.4. The van der Waals surface area contributed by atoms with Crippen molar-refractivity contribution in [2.75, 3.05) is 27.9 Å². The zero-order chi connectivity index (χ0) is 49.6. The predicted octanol–water partition coefficient (Wildman–Crippen LogP) is 6.36. The third-order valence-electron chi connectivity index (χ3n) is 14.7. The molecule has 3 fully saturated rings. The second-order valence-electron chi connectivity index (χ2n) is 19.8. The molecule has 4 rings (SSSR count). The number of ether oxygens (including phenoxy) is 6. The SMILES string of the molecule is CO[C@H]1CC(C[C@H](C)[C@H]2CC(=O)[C@@H](C)/C=C(\C)[C@H](OC=O)[C@H](OC)C(=O)[C@@H](C)C[C@@H](C)/C=C/C=C/C=C(\C)[C@H](OC)C[C@H]3CC[C@H](C)[C@](O)(O3)C(=O)C(=O)N3CCCC[C@@H]3C(=O)O2)CC[C@@H]1O. The number of methoxy groups -OCH3 is 3. The van der Waals surface area contributed by atoms with E-state index in [0.29, 0.717) is 69.8 Å². The Morgan fingerprint density at radius 1 is 0.866 bits per heavy atom. The fourth-order valence-corrected chi connectivity index (χ4v) is 10.3. The van der Waals surface area contributed by atoms with Gasteiger partial charge in [-0.25, -0.2) is 4.79 Å². The summed E-state index contributed by atoms with van der Waals surface area (Å²) in [6.45, 7) is 13.0. The van der Waals surface area contributed by atoms with Gasteiger partial charge < -0.3 is 43.5 Å². The monoisotopic (exact) mass is 942 g/mol. The Hall–Kier alpha value is -3.86. The number of fused-ring (bicyclic) bond motifs is 3. The predicted molar refractivity (Wildman–Crippen MR) is 250 cm³/mol. The van der Waals surface area contributed by atoms with Crippen LogP contribution in [0.15, 0.2) is 47.6 Å². The number of hydrogen-bond donors (Lipinski definition) is 2. The molecule has 376 valence electrons. The van der Waals surface area contributed by atoms with Crippen LogP contribution >= 0.6 is 0 Å². The van der Waals surface area contributed by atoms with Crippen molar-refractivity contribution in [3.05, 3.63) is 47.6 Å². The van der Waals surface area contributed by atoms with Gasteiger partial charge in [0.15, 0.2) is 18.0 Å². The van der Waals surface area contributed by atoms with Crippen LogP contribution in [0.5, 0.6) is 0 Å². The number of nitrogens with zero attached hydrogens (tertiary/aromatic N) is 1. The van der Waals surface area contributed by atoms with Gasteiger partial charge in [0.05, 0.1) is 24.4 Å². The minimum atomic E-state index is -2.44. The second-order valence-corrected chi connectivity index (χ2v) is 19.8. The summed E-state index contributed by atoms with van der Waals surface area (Å²) in [4.78, 5) is 84.1. The Morgan fingerprint density at radius 2 is 1.60 bits per heavy atom. The highest BCUT2D eigenvalue weighted by molar-refractivity contribution is 6.39. The summed E-state index contributed by atoms with van der Waals surface area (Å²) in [5, 5.41) is 22.5. The molecule has 15 atom stereocenters. The van der Waals surface area contributed by atoms with Crippen LogP contribution in [-0.2, 0) is 57.2 Å². The van der Waals surface area contributed by atoms with Crippen molar-refractivity contribution in [2.24, 2.45) is 35.5 Å². The van der Waals surface area contributed by atoms with Gasteiger partial charge in [0.25, 0.3) is 18.2 Å². The summed E-state index contributed by atoms with van der Waals surface area (Å²) < 4.78 is 35.0. The molecule has 15 nitrogen and oxygen atoms in total. The van der Waals surface area contributed by atoms with E-state index in [9.17, 15) is 39.0 Å². The number of ketones is 3. The highest BCUT2D eigenvalue weighted by atomic mass is 16.6. The van der Waals surface area contributed by atoms with Crippen molar-refractivity contribution in [3.8, 4) is 0 Å². The number of hydrogen-bond acceptors (Lipinski definition) is 14. The van der Waals surface area contributed by atoms with Gasteiger partial charge in [0.1, 0.15) is 17.9 Å². The van der Waals surface area contributed by atoms with Crippen molar-refractivity contribution in [1.29, 1.82) is 0 Å². The Bertz CT molecular complexity index is 1820. The van der Waals surface area contributed by atoms with E-state index in [4.69, 9.17) is 28.4 Å². The van der Waals surface area contributed by atoms with E-state index in [1.54, 1.807) is 48.0 Å². The molecule has 15 heteroatoms. The average molecular weight is 942 g/mol. The molecule has 1 saturated carbocycles. The average Bonchev–Trinajstić information content (AvgIpc) is 3.30. The fourth-order valence-electron chi connectivity index (χ4n) is 10.3. The Morgan fingerprint density at radius 3 is 2.27 bits per heavy atom. The van der Waals surface area contributed by atoms with Crippen LogP contribution in [0.4, 0.5) is 0 Å². The lowest BCUT2D eigenvalue weighted by atomic mass is 9.78. The fraction of sp³-hybridized carbons (Fsp3) is 0.731. The largest absolute Gasteiger partial charge is 0.460 e.